The minimum absolute atomic E-state index is 0.0153. The van der Waals surface area contributed by atoms with E-state index in [2.05, 4.69) is 10.3 Å². The first-order valence-electron chi connectivity index (χ1n) is 5.20. The fraction of sp³-hybridized carbons (Fsp3) is 0.0769. The van der Waals surface area contributed by atoms with Gasteiger partial charge in [0.15, 0.2) is 0 Å². The van der Waals surface area contributed by atoms with Gasteiger partial charge in [0.05, 0.1) is 18.3 Å². The van der Waals surface area contributed by atoms with Crippen molar-refractivity contribution in [2.75, 3.05) is 12.4 Å². The van der Waals surface area contributed by atoms with Gasteiger partial charge in [-0.1, -0.05) is 0 Å². The van der Waals surface area contributed by atoms with E-state index in [-0.39, 0.29) is 5.57 Å². The Morgan fingerprint density at radius 1 is 1.39 bits per heavy atom. The van der Waals surface area contributed by atoms with Crippen molar-refractivity contribution in [3.8, 4) is 17.9 Å². The maximum atomic E-state index is 8.67. The molecule has 2 N–H and O–H groups in total. The second kappa shape index (κ2) is 4.94. The summed E-state index contributed by atoms with van der Waals surface area (Å²) in [5.41, 5.74) is 1.70. The van der Waals surface area contributed by atoms with Crippen LogP contribution >= 0.6 is 0 Å². The topological polar surface area (TPSA) is 84.6 Å². The molecule has 0 spiro atoms. The van der Waals surface area contributed by atoms with Crippen molar-refractivity contribution in [3.63, 3.8) is 0 Å². The highest BCUT2D eigenvalue weighted by molar-refractivity contribution is 5.93. The number of hydrogen-bond donors (Lipinski definition) is 2. The van der Waals surface area contributed by atoms with Gasteiger partial charge < -0.3 is 15.0 Å². The molecule has 0 amide bonds. The van der Waals surface area contributed by atoms with Crippen LogP contribution in [0.15, 0.2) is 36.2 Å². The van der Waals surface area contributed by atoms with Crippen LogP contribution in [0.4, 0.5) is 5.69 Å². The summed E-state index contributed by atoms with van der Waals surface area (Å²) in [6.07, 6.45) is 3.19. The summed E-state index contributed by atoms with van der Waals surface area (Å²) in [6, 6.07) is 9.17. The minimum atomic E-state index is 0.0153. The molecule has 0 atom stereocenters. The smallest absolute Gasteiger partial charge is 0.145 e. The number of H-pyrrole nitrogens is 1. The van der Waals surface area contributed by atoms with Crippen molar-refractivity contribution in [1.29, 1.82) is 10.5 Å². The van der Waals surface area contributed by atoms with Gasteiger partial charge in [-0.15, -0.1) is 0 Å². The lowest BCUT2D eigenvalue weighted by molar-refractivity contribution is 0.415. The second-order valence-electron chi connectivity index (χ2n) is 3.54. The lowest BCUT2D eigenvalue weighted by atomic mass is 10.2. The molecule has 2 rings (SSSR count). The molecule has 0 radical (unpaired) electrons. The zero-order valence-corrected chi connectivity index (χ0v) is 9.69. The van der Waals surface area contributed by atoms with Crippen molar-refractivity contribution in [2.24, 2.45) is 0 Å². The maximum absolute atomic E-state index is 8.67. The summed E-state index contributed by atoms with van der Waals surface area (Å²) in [5.74, 6) is 0.691. The number of aromatic amines is 1. The van der Waals surface area contributed by atoms with E-state index in [1.54, 1.807) is 25.3 Å². The number of rotatable bonds is 3. The number of anilines is 1. The molecule has 0 bridgehead atoms. The molecule has 1 aromatic carbocycles. The zero-order valence-electron chi connectivity index (χ0n) is 9.69. The van der Waals surface area contributed by atoms with E-state index in [1.165, 1.54) is 6.20 Å². The lowest BCUT2D eigenvalue weighted by Gasteiger charge is -2.06. The Kier molecular flexibility index (Phi) is 3.17. The van der Waals surface area contributed by atoms with Gasteiger partial charge in [-0.3, -0.25) is 0 Å². The predicted molar refractivity (Wildman–Crippen MR) is 67.8 cm³/mol. The fourth-order valence-corrected chi connectivity index (χ4v) is 1.62. The average molecular weight is 238 g/mol. The normalized spacial score (nSPS) is 9.28. The quantitative estimate of drug-likeness (QED) is 0.804. The third-order valence-corrected chi connectivity index (χ3v) is 2.49. The number of benzene rings is 1. The number of methoxy groups -OCH3 is 1. The molecule has 0 fully saturated rings. The molecule has 0 saturated carbocycles. The fourth-order valence-electron chi connectivity index (χ4n) is 1.62. The van der Waals surface area contributed by atoms with E-state index in [4.69, 9.17) is 15.3 Å². The molecule has 5 heteroatoms. The van der Waals surface area contributed by atoms with E-state index < -0.39 is 0 Å². The van der Waals surface area contributed by atoms with Crippen LogP contribution in [0.5, 0.6) is 5.75 Å². The SMILES string of the molecule is COc1cc(NC=C(C#N)C#N)c2cc[nH]c2c1. The van der Waals surface area contributed by atoms with Gasteiger partial charge in [0.1, 0.15) is 23.5 Å². The molecule has 88 valence electrons. The first-order valence-corrected chi connectivity index (χ1v) is 5.20. The van der Waals surface area contributed by atoms with Crippen LogP contribution in [-0.2, 0) is 0 Å². The molecular formula is C13H10N4O. The van der Waals surface area contributed by atoms with Crippen LogP contribution in [0, 0.1) is 22.7 Å². The monoisotopic (exact) mass is 238 g/mol. The Hall–Kier alpha value is -2.92. The number of hydrogen-bond acceptors (Lipinski definition) is 4. The third kappa shape index (κ3) is 2.11. The Morgan fingerprint density at radius 3 is 2.83 bits per heavy atom. The first-order chi connectivity index (χ1) is 8.78. The maximum Gasteiger partial charge on any atom is 0.145 e. The molecule has 5 nitrogen and oxygen atoms in total. The molecule has 0 aliphatic rings. The van der Waals surface area contributed by atoms with Crippen molar-refractivity contribution >= 4 is 16.6 Å². The van der Waals surface area contributed by atoms with E-state index in [9.17, 15) is 0 Å². The molecule has 1 aromatic heterocycles. The van der Waals surface area contributed by atoms with Crippen LogP contribution in [0.3, 0.4) is 0 Å². The molecular weight excluding hydrogens is 228 g/mol. The Bertz CT molecular complexity index is 669. The lowest BCUT2D eigenvalue weighted by Crippen LogP contribution is -1.92. The van der Waals surface area contributed by atoms with Gasteiger partial charge >= 0.3 is 0 Å². The Morgan fingerprint density at radius 2 is 2.17 bits per heavy atom. The van der Waals surface area contributed by atoms with E-state index >= 15 is 0 Å². The summed E-state index contributed by atoms with van der Waals surface area (Å²) in [4.78, 5) is 3.08. The van der Waals surface area contributed by atoms with Gasteiger partial charge in [-0.05, 0) is 6.07 Å². The number of nitrogens with one attached hydrogen (secondary N) is 2. The van der Waals surface area contributed by atoms with Gasteiger partial charge in [0, 0.05) is 29.9 Å². The summed E-state index contributed by atoms with van der Waals surface area (Å²) in [5, 5.41) is 21.2. The van der Waals surface area contributed by atoms with Crippen LogP contribution in [0.2, 0.25) is 0 Å². The largest absolute Gasteiger partial charge is 0.497 e. The third-order valence-electron chi connectivity index (χ3n) is 2.49. The van der Waals surface area contributed by atoms with Crippen molar-refractivity contribution in [2.45, 2.75) is 0 Å². The number of allylic oxidation sites excluding steroid dienone is 1. The predicted octanol–water partition coefficient (Wildman–Crippen LogP) is 2.52. The van der Waals surface area contributed by atoms with Crippen molar-refractivity contribution < 1.29 is 4.74 Å². The van der Waals surface area contributed by atoms with Gasteiger partial charge in [0.25, 0.3) is 0 Å². The van der Waals surface area contributed by atoms with Gasteiger partial charge in [-0.2, -0.15) is 10.5 Å². The van der Waals surface area contributed by atoms with E-state index in [0.717, 1.165) is 16.6 Å². The summed E-state index contributed by atoms with van der Waals surface area (Å²) >= 11 is 0. The molecule has 0 aliphatic carbocycles. The number of aromatic nitrogens is 1. The number of nitriles is 2. The highest BCUT2D eigenvalue weighted by Crippen LogP contribution is 2.28. The number of ether oxygens (including phenoxy) is 1. The van der Waals surface area contributed by atoms with Gasteiger partial charge in [-0.25, -0.2) is 0 Å². The molecule has 0 unspecified atom stereocenters. The highest BCUT2D eigenvalue weighted by atomic mass is 16.5. The number of nitrogens with zero attached hydrogens (tertiary/aromatic N) is 2. The van der Waals surface area contributed by atoms with Crippen molar-refractivity contribution in [3.05, 3.63) is 36.2 Å². The highest BCUT2D eigenvalue weighted by Gasteiger charge is 2.04. The van der Waals surface area contributed by atoms with Crippen LogP contribution < -0.4 is 10.1 Å². The Labute approximate surface area is 104 Å². The molecule has 1 heterocycles. The molecule has 2 aromatic rings. The van der Waals surface area contributed by atoms with E-state index in [1.807, 2.05) is 18.3 Å². The molecule has 0 aliphatic heterocycles. The van der Waals surface area contributed by atoms with Crippen molar-refractivity contribution in [1.82, 2.24) is 4.98 Å². The standard InChI is InChI=1S/C13H10N4O/c1-18-10-4-12-11(2-3-16-12)13(5-10)17-8-9(6-14)7-15/h2-5,8,16-17H,1H3. The minimum Gasteiger partial charge on any atom is -0.497 e. The summed E-state index contributed by atoms with van der Waals surface area (Å²) < 4.78 is 5.18. The first kappa shape index (κ1) is 11.6. The molecule has 0 saturated heterocycles. The Balaban J connectivity index is 2.44. The summed E-state index contributed by atoms with van der Waals surface area (Å²) in [7, 11) is 1.58. The molecule has 18 heavy (non-hydrogen) atoms. The van der Waals surface area contributed by atoms with E-state index in [0.29, 0.717) is 5.75 Å². The number of fused-ring (bicyclic) bond motifs is 1. The van der Waals surface area contributed by atoms with Crippen LogP contribution in [-0.4, -0.2) is 12.1 Å². The van der Waals surface area contributed by atoms with Gasteiger partial charge in [0.2, 0.25) is 0 Å². The van der Waals surface area contributed by atoms with Crippen LogP contribution in [0.1, 0.15) is 0 Å². The zero-order chi connectivity index (χ0) is 13.0. The van der Waals surface area contributed by atoms with Crippen LogP contribution in [0.25, 0.3) is 10.9 Å². The summed E-state index contributed by atoms with van der Waals surface area (Å²) in [6.45, 7) is 0. The average Bonchev–Trinajstić information content (AvgIpc) is 2.87. The second-order valence-corrected chi connectivity index (χ2v) is 3.54.